The minimum absolute atomic E-state index is 0.208. The third kappa shape index (κ3) is 2.12. The molecule has 0 amide bonds. The molecule has 0 aliphatic carbocycles. The van der Waals surface area contributed by atoms with Crippen LogP contribution in [-0.2, 0) is 6.54 Å². The van der Waals surface area contributed by atoms with E-state index in [9.17, 15) is 0 Å². The molecular formula is C7H10N6S. The van der Waals surface area contributed by atoms with E-state index in [-0.39, 0.29) is 6.04 Å². The van der Waals surface area contributed by atoms with Gasteiger partial charge in [0.05, 0.1) is 17.7 Å². The van der Waals surface area contributed by atoms with Crippen molar-refractivity contribution in [2.75, 3.05) is 0 Å². The summed E-state index contributed by atoms with van der Waals surface area (Å²) in [7, 11) is 0. The second kappa shape index (κ2) is 4.25. The molecule has 0 spiro atoms. The van der Waals surface area contributed by atoms with Crippen molar-refractivity contribution in [3.63, 3.8) is 0 Å². The van der Waals surface area contributed by atoms with Gasteiger partial charge >= 0.3 is 0 Å². The van der Waals surface area contributed by atoms with E-state index in [2.05, 4.69) is 37.8 Å². The number of nitrogens with one attached hydrogen (secondary N) is 2. The van der Waals surface area contributed by atoms with Gasteiger partial charge in [0.1, 0.15) is 0 Å². The summed E-state index contributed by atoms with van der Waals surface area (Å²) in [6.07, 6.45) is 0. The highest BCUT2D eigenvalue weighted by Gasteiger charge is 2.07. The zero-order chi connectivity index (χ0) is 9.80. The minimum atomic E-state index is 0.208. The first-order chi connectivity index (χ1) is 6.86. The van der Waals surface area contributed by atoms with Crippen LogP contribution in [0.5, 0.6) is 0 Å². The number of hydrogen-bond donors (Lipinski definition) is 2. The fourth-order valence-corrected chi connectivity index (χ4v) is 1.69. The minimum Gasteiger partial charge on any atom is -0.302 e. The van der Waals surface area contributed by atoms with Crippen LogP contribution in [0.4, 0.5) is 0 Å². The zero-order valence-corrected chi connectivity index (χ0v) is 8.45. The summed E-state index contributed by atoms with van der Waals surface area (Å²) in [5, 5.41) is 18.8. The summed E-state index contributed by atoms with van der Waals surface area (Å²) in [5.41, 5.74) is 2.86. The first-order valence-corrected chi connectivity index (χ1v) is 5.14. The van der Waals surface area contributed by atoms with E-state index < -0.39 is 0 Å². The van der Waals surface area contributed by atoms with E-state index in [1.165, 1.54) is 0 Å². The Morgan fingerprint density at radius 1 is 1.64 bits per heavy atom. The van der Waals surface area contributed by atoms with Gasteiger partial charge in [-0.25, -0.2) is 4.98 Å². The second-order valence-electron chi connectivity index (χ2n) is 2.84. The number of H-pyrrole nitrogens is 1. The molecule has 2 rings (SSSR count). The van der Waals surface area contributed by atoms with Gasteiger partial charge in [-0.1, -0.05) is 5.21 Å². The lowest BCUT2D eigenvalue weighted by molar-refractivity contribution is 0.550. The molecule has 1 unspecified atom stereocenters. The molecule has 74 valence electrons. The van der Waals surface area contributed by atoms with Gasteiger partial charge in [-0.3, -0.25) is 0 Å². The Morgan fingerprint density at radius 3 is 3.21 bits per heavy atom. The topological polar surface area (TPSA) is 79.4 Å². The molecule has 2 aromatic heterocycles. The average molecular weight is 210 g/mol. The molecule has 0 radical (unpaired) electrons. The van der Waals surface area contributed by atoms with Gasteiger partial charge in [0.2, 0.25) is 0 Å². The monoisotopic (exact) mass is 210 g/mol. The Morgan fingerprint density at radius 2 is 2.57 bits per heavy atom. The molecular weight excluding hydrogens is 200 g/mol. The molecule has 2 aromatic rings. The molecule has 1 atom stereocenters. The fourth-order valence-electron chi connectivity index (χ4n) is 1.04. The van der Waals surface area contributed by atoms with Crippen molar-refractivity contribution in [1.29, 1.82) is 0 Å². The van der Waals surface area contributed by atoms with E-state index in [1.54, 1.807) is 11.3 Å². The molecule has 2 heterocycles. The lowest BCUT2D eigenvalue weighted by Crippen LogP contribution is -2.19. The maximum absolute atomic E-state index is 4.21. The standard InChI is InChI=1S/C7H10N6S/c1-5(6-3-14-4-9-6)8-2-7-10-12-13-11-7/h3-5,8H,2H2,1H3,(H,10,11,12,13). The van der Waals surface area contributed by atoms with Crippen molar-refractivity contribution in [1.82, 2.24) is 30.9 Å². The molecule has 7 heteroatoms. The lowest BCUT2D eigenvalue weighted by atomic mass is 10.2. The molecule has 0 bridgehead atoms. The predicted molar refractivity (Wildman–Crippen MR) is 51.5 cm³/mol. The van der Waals surface area contributed by atoms with E-state index in [0.29, 0.717) is 12.4 Å². The van der Waals surface area contributed by atoms with Gasteiger partial charge < -0.3 is 5.32 Å². The van der Waals surface area contributed by atoms with Gasteiger partial charge in [0, 0.05) is 11.4 Å². The van der Waals surface area contributed by atoms with Crippen LogP contribution >= 0.6 is 11.3 Å². The quantitative estimate of drug-likeness (QED) is 0.768. The Balaban J connectivity index is 1.87. The van der Waals surface area contributed by atoms with Gasteiger partial charge in [-0.2, -0.15) is 5.21 Å². The summed E-state index contributed by atoms with van der Waals surface area (Å²) in [5.74, 6) is 0.659. The van der Waals surface area contributed by atoms with Crippen LogP contribution in [-0.4, -0.2) is 25.6 Å². The average Bonchev–Trinajstić information content (AvgIpc) is 2.87. The van der Waals surface area contributed by atoms with Crippen molar-refractivity contribution in [2.24, 2.45) is 0 Å². The van der Waals surface area contributed by atoms with Crippen molar-refractivity contribution < 1.29 is 0 Å². The third-order valence-electron chi connectivity index (χ3n) is 1.85. The molecule has 0 saturated heterocycles. The Labute approximate surface area is 84.8 Å². The van der Waals surface area contributed by atoms with Crippen LogP contribution in [0.25, 0.3) is 0 Å². The van der Waals surface area contributed by atoms with Gasteiger partial charge in [-0.15, -0.1) is 21.5 Å². The van der Waals surface area contributed by atoms with Crippen LogP contribution in [0.2, 0.25) is 0 Å². The first-order valence-electron chi connectivity index (χ1n) is 4.20. The number of hydrogen-bond acceptors (Lipinski definition) is 6. The van der Waals surface area contributed by atoms with Crippen LogP contribution in [0.3, 0.4) is 0 Å². The highest BCUT2D eigenvalue weighted by atomic mass is 32.1. The van der Waals surface area contributed by atoms with Crippen LogP contribution in [0, 0.1) is 0 Å². The van der Waals surface area contributed by atoms with E-state index in [0.717, 1.165) is 5.69 Å². The Bertz CT molecular complexity index is 355. The molecule has 0 aliphatic rings. The highest BCUT2D eigenvalue weighted by Crippen LogP contribution is 2.11. The molecule has 0 saturated carbocycles. The molecule has 6 nitrogen and oxygen atoms in total. The van der Waals surface area contributed by atoms with Gasteiger partial charge in [-0.05, 0) is 6.92 Å². The summed E-state index contributed by atoms with van der Waals surface area (Å²) in [4.78, 5) is 4.21. The summed E-state index contributed by atoms with van der Waals surface area (Å²) in [6.45, 7) is 2.64. The number of nitrogens with zero attached hydrogens (tertiary/aromatic N) is 4. The number of aromatic amines is 1. The molecule has 14 heavy (non-hydrogen) atoms. The van der Waals surface area contributed by atoms with E-state index in [1.807, 2.05) is 10.9 Å². The molecule has 0 aromatic carbocycles. The van der Waals surface area contributed by atoms with Crippen LogP contribution in [0.15, 0.2) is 10.9 Å². The van der Waals surface area contributed by atoms with Crippen LogP contribution in [0.1, 0.15) is 24.5 Å². The maximum Gasteiger partial charge on any atom is 0.188 e. The zero-order valence-electron chi connectivity index (χ0n) is 7.64. The smallest absolute Gasteiger partial charge is 0.188 e. The summed E-state index contributed by atoms with van der Waals surface area (Å²) >= 11 is 1.59. The normalized spacial score (nSPS) is 12.9. The number of aromatic nitrogens is 5. The first kappa shape index (κ1) is 9.22. The van der Waals surface area contributed by atoms with E-state index >= 15 is 0 Å². The van der Waals surface area contributed by atoms with Crippen molar-refractivity contribution in [3.05, 3.63) is 22.4 Å². The SMILES string of the molecule is CC(NCc1nn[nH]n1)c1cscn1. The third-order valence-corrected chi connectivity index (χ3v) is 2.46. The van der Waals surface area contributed by atoms with Gasteiger partial charge in [0.15, 0.2) is 5.82 Å². The number of tetrazole rings is 1. The largest absolute Gasteiger partial charge is 0.302 e. The number of rotatable bonds is 4. The summed E-state index contributed by atoms with van der Waals surface area (Å²) in [6, 6.07) is 0.208. The van der Waals surface area contributed by atoms with Crippen LogP contribution < -0.4 is 5.32 Å². The van der Waals surface area contributed by atoms with Crippen molar-refractivity contribution in [3.8, 4) is 0 Å². The fraction of sp³-hybridized carbons (Fsp3) is 0.429. The van der Waals surface area contributed by atoms with Crippen molar-refractivity contribution in [2.45, 2.75) is 19.5 Å². The highest BCUT2D eigenvalue weighted by molar-refractivity contribution is 7.07. The predicted octanol–water partition coefficient (Wildman–Crippen LogP) is 0.507. The number of thiazole rings is 1. The lowest BCUT2D eigenvalue weighted by Gasteiger charge is -2.08. The molecule has 0 fully saturated rings. The van der Waals surface area contributed by atoms with E-state index in [4.69, 9.17) is 0 Å². The second-order valence-corrected chi connectivity index (χ2v) is 3.56. The molecule has 2 N–H and O–H groups in total. The van der Waals surface area contributed by atoms with Gasteiger partial charge in [0.25, 0.3) is 0 Å². The summed E-state index contributed by atoms with van der Waals surface area (Å²) < 4.78 is 0. The Kier molecular flexibility index (Phi) is 2.80. The maximum atomic E-state index is 4.21. The van der Waals surface area contributed by atoms with Crippen molar-refractivity contribution >= 4 is 11.3 Å². The molecule has 0 aliphatic heterocycles. The Hall–Kier alpha value is -1.34.